The van der Waals surface area contributed by atoms with E-state index in [0.29, 0.717) is 12.5 Å². The second-order valence-electron chi connectivity index (χ2n) is 2.57. The lowest BCUT2D eigenvalue weighted by molar-refractivity contribution is 0.412. The SMILES string of the molecule is Fc1cnc(NCc2ccon2)nc1. The summed E-state index contributed by atoms with van der Waals surface area (Å²) in [7, 11) is 0. The first-order valence-corrected chi connectivity index (χ1v) is 3.95. The van der Waals surface area contributed by atoms with Crippen molar-refractivity contribution in [2.75, 3.05) is 5.32 Å². The number of halogens is 1. The fourth-order valence-electron chi connectivity index (χ4n) is 0.902. The summed E-state index contributed by atoms with van der Waals surface area (Å²) in [6.45, 7) is 0.447. The number of nitrogens with one attached hydrogen (secondary N) is 1. The first-order chi connectivity index (χ1) is 6.84. The topological polar surface area (TPSA) is 63.8 Å². The molecule has 0 aromatic carbocycles. The standard InChI is InChI=1S/C8H7FN4O/c9-6-3-10-8(11-4-6)12-5-7-1-2-14-13-7/h1-4H,5H2,(H,10,11,12). The second kappa shape index (κ2) is 3.82. The lowest BCUT2D eigenvalue weighted by atomic mass is 10.4. The van der Waals surface area contributed by atoms with Gasteiger partial charge in [-0.25, -0.2) is 14.4 Å². The third-order valence-electron chi connectivity index (χ3n) is 1.54. The smallest absolute Gasteiger partial charge is 0.223 e. The molecule has 0 radical (unpaired) electrons. The van der Waals surface area contributed by atoms with Crippen LogP contribution >= 0.6 is 0 Å². The molecular formula is C8H7FN4O. The summed E-state index contributed by atoms with van der Waals surface area (Å²) < 4.78 is 17.1. The Hall–Kier alpha value is -1.98. The van der Waals surface area contributed by atoms with Crippen molar-refractivity contribution >= 4 is 5.95 Å². The molecule has 0 atom stereocenters. The lowest BCUT2D eigenvalue weighted by Gasteiger charge is -2.00. The fourth-order valence-corrected chi connectivity index (χ4v) is 0.902. The molecule has 0 unspecified atom stereocenters. The molecular weight excluding hydrogens is 187 g/mol. The Labute approximate surface area is 79.0 Å². The van der Waals surface area contributed by atoms with Gasteiger partial charge in [0.2, 0.25) is 5.95 Å². The van der Waals surface area contributed by atoms with Crippen LogP contribution in [0.25, 0.3) is 0 Å². The Morgan fingerprint density at radius 2 is 2.14 bits per heavy atom. The molecule has 6 heteroatoms. The number of rotatable bonds is 3. The molecule has 2 aromatic heterocycles. The van der Waals surface area contributed by atoms with Gasteiger partial charge in [0.25, 0.3) is 0 Å². The van der Waals surface area contributed by atoms with E-state index in [4.69, 9.17) is 0 Å². The molecule has 0 saturated carbocycles. The minimum Gasteiger partial charge on any atom is -0.364 e. The molecule has 5 nitrogen and oxygen atoms in total. The van der Waals surface area contributed by atoms with Crippen molar-refractivity contribution in [3.8, 4) is 0 Å². The monoisotopic (exact) mass is 194 g/mol. The van der Waals surface area contributed by atoms with Gasteiger partial charge >= 0.3 is 0 Å². The minimum absolute atomic E-state index is 0.356. The van der Waals surface area contributed by atoms with Crippen LogP contribution in [0.15, 0.2) is 29.2 Å². The first-order valence-electron chi connectivity index (χ1n) is 3.95. The van der Waals surface area contributed by atoms with Crippen molar-refractivity contribution in [1.29, 1.82) is 0 Å². The van der Waals surface area contributed by atoms with E-state index in [1.807, 2.05) is 0 Å². The minimum atomic E-state index is -0.461. The van der Waals surface area contributed by atoms with Crippen molar-refractivity contribution in [2.45, 2.75) is 6.54 Å². The highest BCUT2D eigenvalue weighted by Gasteiger charge is 1.98. The molecule has 2 rings (SSSR count). The fraction of sp³-hybridized carbons (Fsp3) is 0.125. The van der Waals surface area contributed by atoms with E-state index in [1.54, 1.807) is 6.07 Å². The van der Waals surface area contributed by atoms with Gasteiger partial charge < -0.3 is 9.84 Å². The van der Waals surface area contributed by atoms with Gasteiger partial charge in [-0.1, -0.05) is 5.16 Å². The highest BCUT2D eigenvalue weighted by Crippen LogP contribution is 2.01. The van der Waals surface area contributed by atoms with Crippen LogP contribution in [0.5, 0.6) is 0 Å². The van der Waals surface area contributed by atoms with E-state index in [9.17, 15) is 4.39 Å². The zero-order valence-corrected chi connectivity index (χ0v) is 7.14. The Morgan fingerprint density at radius 1 is 1.36 bits per heavy atom. The molecule has 0 aliphatic carbocycles. The summed E-state index contributed by atoms with van der Waals surface area (Å²) in [4.78, 5) is 7.44. The summed E-state index contributed by atoms with van der Waals surface area (Å²) in [6.07, 6.45) is 3.67. The van der Waals surface area contributed by atoms with Crippen molar-refractivity contribution in [1.82, 2.24) is 15.1 Å². The van der Waals surface area contributed by atoms with Gasteiger partial charge in [-0.3, -0.25) is 0 Å². The van der Waals surface area contributed by atoms with Crippen LogP contribution in [0.1, 0.15) is 5.69 Å². The van der Waals surface area contributed by atoms with E-state index >= 15 is 0 Å². The maximum Gasteiger partial charge on any atom is 0.223 e. The van der Waals surface area contributed by atoms with Gasteiger partial charge in [0.15, 0.2) is 5.82 Å². The quantitative estimate of drug-likeness (QED) is 0.795. The van der Waals surface area contributed by atoms with Crippen LogP contribution in [0.2, 0.25) is 0 Å². The van der Waals surface area contributed by atoms with Gasteiger partial charge in [0, 0.05) is 6.07 Å². The maximum atomic E-state index is 12.4. The van der Waals surface area contributed by atoms with Crippen LogP contribution < -0.4 is 5.32 Å². The van der Waals surface area contributed by atoms with Crippen LogP contribution in [0.3, 0.4) is 0 Å². The Morgan fingerprint density at radius 3 is 2.79 bits per heavy atom. The van der Waals surface area contributed by atoms with Crippen LogP contribution in [0, 0.1) is 5.82 Å². The molecule has 72 valence electrons. The summed E-state index contributed by atoms with van der Waals surface area (Å²) >= 11 is 0. The Balaban J connectivity index is 1.95. The summed E-state index contributed by atoms with van der Waals surface area (Å²) in [5.41, 5.74) is 0.734. The average molecular weight is 194 g/mol. The Bertz CT molecular complexity index is 386. The number of hydrogen-bond donors (Lipinski definition) is 1. The number of anilines is 1. The molecule has 0 spiro atoms. The summed E-state index contributed by atoms with van der Waals surface area (Å²) in [5.74, 6) is -0.105. The van der Waals surface area contributed by atoms with Gasteiger partial charge in [0.1, 0.15) is 12.0 Å². The molecule has 0 aliphatic heterocycles. The largest absolute Gasteiger partial charge is 0.364 e. The van der Waals surface area contributed by atoms with Crippen molar-refractivity contribution in [3.05, 3.63) is 36.2 Å². The number of aromatic nitrogens is 3. The normalized spacial score (nSPS) is 10.1. The number of hydrogen-bond acceptors (Lipinski definition) is 5. The predicted octanol–water partition coefficient (Wildman–Crippen LogP) is 1.22. The average Bonchev–Trinajstić information content (AvgIpc) is 2.70. The van der Waals surface area contributed by atoms with Crippen LogP contribution in [-0.4, -0.2) is 15.1 Å². The predicted molar refractivity (Wildman–Crippen MR) is 45.8 cm³/mol. The van der Waals surface area contributed by atoms with Gasteiger partial charge in [-0.15, -0.1) is 0 Å². The molecule has 0 amide bonds. The molecule has 0 aliphatic rings. The van der Waals surface area contributed by atoms with Gasteiger partial charge in [-0.05, 0) is 0 Å². The van der Waals surface area contributed by atoms with E-state index in [-0.39, 0.29) is 0 Å². The van der Waals surface area contributed by atoms with Crippen molar-refractivity contribution < 1.29 is 8.91 Å². The first kappa shape index (κ1) is 8.61. The van der Waals surface area contributed by atoms with E-state index in [1.165, 1.54) is 6.26 Å². The molecule has 0 saturated heterocycles. The third-order valence-corrected chi connectivity index (χ3v) is 1.54. The summed E-state index contributed by atoms with van der Waals surface area (Å²) in [6, 6.07) is 1.72. The van der Waals surface area contributed by atoms with Gasteiger partial charge in [0.05, 0.1) is 18.9 Å². The number of nitrogens with zero attached hydrogens (tertiary/aromatic N) is 3. The van der Waals surface area contributed by atoms with E-state index in [0.717, 1.165) is 18.1 Å². The summed E-state index contributed by atoms with van der Waals surface area (Å²) in [5, 5.41) is 6.54. The van der Waals surface area contributed by atoms with Crippen molar-refractivity contribution in [3.63, 3.8) is 0 Å². The molecule has 0 bridgehead atoms. The van der Waals surface area contributed by atoms with E-state index < -0.39 is 5.82 Å². The maximum absolute atomic E-state index is 12.4. The van der Waals surface area contributed by atoms with Crippen LogP contribution in [0.4, 0.5) is 10.3 Å². The highest BCUT2D eigenvalue weighted by molar-refractivity contribution is 5.23. The zero-order valence-electron chi connectivity index (χ0n) is 7.14. The zero-order chi connectivity index (χ0) is 9.80. The molecule has 1 N–H and O–H groups in total. The van der Waals surface area contributed by atoms with Crippen LogP contribution in [-0.2, 0) is 6.54 Å². The Kier molecular flexibility index (Phi) is 2.35. The van der Waals surface area contributed by atoms with E-state index in [2.05, 4.69) is 25.0 Å². The highest BCUT2D eigenvalue weighted by atomic mass is 19.1. The molecule has 0 fully saturated rings. The molecule has 14 heavy (non-hydrogen) atoms. The molecule has 2 aromatic rings. The van der Waals surface area contributed by atoms with Crippen molar-refractivity contribution in [2.24, 2.45) is 0 Å². The second-order valence-corrected chi connectivity index (χ2v) is 2.57. The lowest BCUT2D eigenvalue weighted by Crippen LogP contribution is -2.03. The molecule has 2 heterocycles. The third kappa shape index (κ3) is 2.03. The van der Waals surface area contributed by atoms with Gasteiger partial charge in [-0.2, -0.15) is 0 Å².